The van der Waals surface area contributed by atoms with Crippen molar-refractivity contribution in [3.8, 4) is 0 Å². The van der Waals surface area contributed by atoms with Gasteiger partial charge in [-0.1, -0.05) is 41.5 Å². The third-order valence-electron chi connectivity index (χ3n) is 2.75. The van der Waals surface area contributed by atoms with Gasteiger partial charge < -0.3 is 5.32 Å². The number of hydrogen-bond donors (Lipinski definition) is 1. The Morgan fingerprint density at radius 1 is 1.18 bits per heavy atom. The molecule has 0 atom stereocenters. The third kappa shape index (κ3) is 4.15. The highest BCUT2D eigenvalue weighted by molar-refractivity contribution is 5.21. The largest absolute Gasteiger partial charge is 0.310 e. The third-order valence-corrected chi connectivity index (χ3v) is 2.75. The molecule has 0 aliphatic rings. The van der Waals surface area contributed by atoms with Gasteiger partial charge in [0, 0.05) is 30.4 Å². The fourth-order valence-electron chi connectivity index (χ4n) is 2.04. The molecule has 98 valence electrons. The Hall–Kier alpha value is -0.830. The van der Waals surface area contributed by atoms with Crippen LogP contribution in [-0.2, 0) is 13.1 Å². The van der Waals surface area contributed by atoms with Crippen LogP contribution in [0.15, 0.2) is 6.20 Å². The van der Waals surface area contributed by atoms with Crippen LogP contribution >= 0.6 is 0 Å². The maximum absolute atomic E-state index is 4.53. The molecule has 0 radical (unpaired) electrons. The number of aromatic nitrogens is 2. The Balaban J connectivity index is 2.86. The molecule has 0 aromatic carbocycles. The highest BCUT2D eigenvalue weighted by atomic mass is 15.3. The summed E-state index contributed by atoms with van der Waals surface area (Å²) in [5.74, 6) is 1.17. The van der Waals surface area contributed by atoms with Crippen molar-refractivity contribution in [1.29, 1.82) is 0 Å². The van der Waals surface area contributed by atoms with Gasteiger partial charge in [0.2, 0.25) is 0 Å². The molecule has 0 saturated heterocycles. The minimum Gasteiger partial charge on any atom is -0.310 e. The molecule has 0 fully saturated rings. The van der Waals surface area contributed by atoms with Gasteiger partial charge in [-0.05, 0) is 11.8 Å². The summed E-state index contributed by atoms with van der Waals surface area (Å²) in [6.45, 7) is 15.2. The van der Waals surface area contributed by atoms with Crippen molar-refractivity contribution in [3.63, 3.8) is 0 Å². The zero-order valence-electron chi connectivity index (χ0n) is 12.1. The molecule has 3 nitrogen and oxygen atoms in total. The molecule has 1 N–H and O–H groups in total. The lowest BCUT2D eigenvalue weighted by atomic mass is 10.1. The van der Waals surface area contributed by atoms with Gasteiger partial charge in [0.05, 0.1) is 6.20 Å². The lowest BCUT2D eigenvalue weighted by Gasteiger charge is -2.15. The Labute approximate surface area is 106 Å². The summed E-state index contributed by atoms with van der Waals surface area (Å²) in [6.07, 6.45) is 2.02. The summed E-state index contributed by atoms with van der Waals surface area (Å²) in [5.41, 5.74) is 2.72. The minimum atomic E-state index is 0.517. The van der Waals surface area contributed by atoms with E-state index in [2.05, 4.69) is 56.6 Å². The highest BCUT2D eigenvalue weighted by Gasteiger charge is 2.14. The maximum Gasteiger partial charge on any atom is 0.0537 e. The molecular formula is C14H27N3. The quantitative estimate of drug-likeness (QED) is 0.823. The van der Waals surface area contributed by atoms with Crippen molar-refractivity contribution in [2.45, 2.75) is 66.6 Å². The zero-order chi connectivity index (χ0) is 13.0. The second-order valence-corrected chi connectivity index (χ2v) is 5.82. The van der Waals surface area contributed by atoms with Crippen LogP contribution in [0.3, 0.4) is 0 Å². The smallest absolute Gasteiger partial charge is 0.0537 e. The van der Waals surface area contributed by atoms with Crippen molar-refractivity contribution in [3.05, 3.63) is 17.5 Å². The average Bonchev–Trinajstić information content (AvgIpc) is 2.56. The van der Waals surface area contributed by atoms with Crippen molar-refractivity contribution in [1.82, 2.24) is 15.1 Å². The van der Waals surface area contributed by atoms with Crippen LogP contribution in [0.4, 0.5) is 0 Å². The molecule has 1 aromatic rings. The first kappa shape index (κ1) is 14.2. The molecule has 0 amide bonds. The molecule has 0 saturated carbocycles. The summed E-state index contributed by atoms with van der Waals surface area (Å²) in [5, 5.41) is 8.00. The molecule has 3 heteroatoms. The minimum absolute atomic E-state index is 0.517. The molecule has 17 heavy (non-hydrogen) atoms. The number of nitrogens with zero attached hydrogens (tertiary/aromatic N) is 2. The summed E-state index contributed by atoms with van der Waals surface area (Å²) in [6, 6.07) is 0.517. The van der Waals surface area contributed by atoms with E-state index in [0.717, 1.165) is 13.1 Å². The second kappa shape index (κ2) is 6.20. The zero-order valence-corrected chi connectivity index (χ0v) is 12.1. The van der Waals surface area contributed by atoms with Crippen molar-refractivity contribution >= 4 is 0 Å². The molecule has 1 heterocycles. The topological polar surface area (TPSA) is 29.9 Å². The predicted octanol–water partition coefficient (Wildman–Crippen LogP) is 3.16. The summed E-state index contributed by atoms with van der Waals surface area (Å²) in [4.78, 5) is 0. The fourth-order valence-corrected chi connectivity index (χ4v) is 2.04. The second-order valence-electron chi connectivity index (χ2n) is 5.82. The first-order chi connectivity index (χ1) is 7.91. The molecule has 0 aliphatic heterocycles. The average molecular weight is 237 g/mol. The maximum atomic E-state index is 4.53. The lowest BCUT2D eigenvalue weighted by Crippen LogP contribution is -2.22. The predicted molar refractivity (Wildman–Crippen MR) is 73.1 cm³/mol. The number of nitrogens with one attached hydrogen (secondary N) is 1. The van der Waals surface area contributed by atoms with Gasteiger partial charge in [-0.25, -0.2) is 0 Å². The molecule has 0 unspecified atom stereocenters. The molecular weight excluding hydrogens is 210 g/mol. The SMILES string of the molecule is CC(C)Cn1ncc(CNC(C)C)c1C(C)C. The Morgan fingerprint density at radius 2 is 1.82 bits per heavy atom. The summed E-state index contributed by atoms with van der Waals surface area (Å²) in [7, 11) is 0. The number of rotatable bonds is 6. The van der Waals surface area contributed by atoms with Gasteiger partial charge in [0.25, 0.3) is 0 Å². The van der Waals surface area contributed by atoms with E-state index < -0.39 is 0 Å². The van der Waals surface area contributed by atoms with E-state index in [0.29, 0.717) is 17.9 Å². The van der Waals surface area contributed by atoms with Gasteiger partial charge in [-0.15, -0.1) is 0 Å². The molecule has 1 aromatic heterocycles. The number of hydrogen-bond acceptors (Lipinski definition) is 2. The van der Waals surface area contributed by atoms with Crippen LogP contribution < -0.4 is 5.32 Å². The first-order valence-electron chi connectivity index (χ1n) is 6.69. The Bertz CT molecular complexity index is 337. The van der Waals surface area contributed by atoms with Crippen molar-refractivity contribution in [2.75, 3.05) is 0 Å². The first-order valence-corrected chi connectivity index (χ1v) is 6.69. The van der Waals surface area contributed by atoms with Gasteiger partial charge in [-0.2, -0.15) is 5.10 Å². The van der Waals surface area contributed by atoms with Crippen LogP contribution in [0.5, 0.6) is 0 Å². The monoisotopic (exact) mass is 237 g/mol. The molecule has 0 bridgehead atoms. The highest BCUT2D eigenvalue weighted by Crippen LogP contribution is 2.20. The van der Waals surface area contributed by atoms with E-state index in [1.807, 2.05) is 6.20 Å². The Morgan fingerprint density at radius 3 is 2.29 bits per heavy atom. The fraction of sp³-hybridized carbons (Fsp3) is 0.786. The van der Waals surface area contributed by atoms with Crippen LogP contribution in [-0.4, -0.2) is 15.8 Å². The van der Waals surface area contributed by atoms with E-state index in [9.17, 15) is 0 Å². The van der Waals surface area contributed by atoms with Gasteiger partial charge in [0.1, 0.15) is 0 Å². The molecule has 0 aliphatic carbocycles. The van der Waals surface area contributed by atoms with Gasteiger partial charge >= 0.3 is 0 Å². The van der Waals surface area contributed by atoms with E-state index in [1.54, 1.807) is 0 Å². The van der Waals surface area contributed by atoms with E-state index >= 15 is 0 Å². The summed E-state index contributed by atoms with van der Waals surface area (Å²) >= 11 is 0. The van der Waals surface area contributed by atoms with Gasteiger partial charge in [0.15, 0.2) is 0 Å². The van der Waals surface area contributed by atoms with Crippen LogP contribution in [0.1, 0.15) is 58.7 Å². The summed E-state index contributed by atoms with van der Waals surface area (Å²) < 4.78 is 2.17. The van der Waals surface area contributed by atoms with E-state index in [-0.39, 0.29) is 0 Å². The normalized spacial score (nSPS) is 12.1. The van der Waals surface area contributed by atoms with Crippen molar-refractivity contribution in [2.24, 2.45) is 5.92 Å². The van der Waals surface area contributed by atoms with Crippen LogP contribution in [0.25, 0.3) is 0 Å². The molecule has 0 spiro atoms. The van der Waals surface area contributed by atoms with E-state index in [4.69, 9.17) is 0 Å². The lowest BCUT2D eigenvalue weighted by molar-refractivity contribution is 0.459. The Kier molecular flexibility index (Phi) is 5.19. The van der Waals surface area contributed by atoms with E-state index in [1.165, 1.54) is 11.3 Å². The van der Waals surface area contributed by atoms with Crippen LogP contribution in [0, 0.1) is 5.92 Å². The van der Waals surface area contributed by atoms with Gasteiger partial charge in [-0.3, -0.25) is 4.68 Å². The van der Waals surface area contributed by atoms with Crippen LogP contribution in [0.2, 0.25) is 0 Å². The van der Waals surface area contributed by atoms with Crippen molar-refractivity contribution < 1.29 is 0 Å². The molecule has 1 rings (SSSR count). The standard InChI is InChI=1S/C14H27N3/c1-10(2)9-17-14(11(3)4)13(8-16-17)7-15-12(5)6/h8,10-12,15H,7,9H2,1-6H3.